The minimum atomic E-state index is 0.626. The van der Waals surface area contributed by atoms with E-state index in [-0.39, 0.29) is 0 Å². The second kappa shape index (κ2) is 2.33. The van der Waals surface area contributed by atoms with Crippen LogP contribution in [0.5, 0.6) is 0 Å². The van der Waals surface area contributed by atoms with Gasteiger partial charge in [0.1, 0.15) is 0 Å². The van der Waals surface area contributed by atoms with Gasteiger partial charge in [-0.2, -0.15) is 0 Å². The molecule has 0 aromatic heterocycles. The number of benzene rings is 1. The SMILES string of the molecule is Brc1cccc2c1C1CCC2N1. The molecular formula is C10H10BrN. The lowest BCUT2D eigenvalue weighted by atomic mass is 9.92. The number of hydrogen-bond acceptors (Lipinski definition) is 1. The van der Waals surface area contributed by atoms with Gasteiger partial charge in [0.15, 0.2) is 0 Å². The second-order valence-electron chi connectivity index (χ2n) is 3.59. The Bertz CT molecular complexity index is 335. The minimum Gasteiger partial charge on any atom is -0.303 e. The van der Waals surface area contributed by atoms with E-state index in [0.717, 1.165) is 0 Å². The van der Waals surface area contributed by atoms with Crippen LogP contribution in [0.15, 0.2) is 22.7 Å². The van der Waals surface area contributed by atoms with Gasteiger partial charge in [-0.15, -0.1) is 0 Å². The first kappa shape index (κ1) is 7.10. The van der Waals surface area contributed by atoms with E-state index >= 15 is 0 Å². The monoisotopic (exact) mass is 223 g/mol. The van der Waals surface area contributed by atoms with Crippen molar-refractivity contribution in [2.24, 2.45) is 0 Å². The zero-order valence-electron chi connectivity index (χ0n) is 6.68. The number of hydrogen-bond donors (Lipinski definition) is 1. The Labute approximate surface area is 80.3 Å². The predicted octanol–water partition coefficient (Wildman–Crippen LogP) is 2.93. The molecule has 1 saturated heterocycles. The van der Waals surface area contributed by atoms with Crippen molar-refractivity contribution in [3.8, 4) is 0 Å². The molecule has 0 aliphatic carbocycles. The lowest BCUT2D eigenvalue weighted by molar-refractivity contribution is 0.638. The van der Waals surface area contributed by atoms with Crippen molar-refractivity contribution in [3.63, 3.8) is 0 Å². The Balaban J connectivity index is 2.26. The highest BCUT2D eigenvalue weighted by Gasteiger charge is 2.36. The van der Waals surface area contributed by atoms with Crippen LogP contribution < -0.4 is 5.32 Å². The molecular weight excluding hydrogens is 214 g/mol. The van der Waals surface area contributed by atoms with Crippen LogP contribution in [0.1, 0.15) is 36.1 Å². The Morgan fingerprint density at radius 3 is 2.92 bits per heavy atom. The first-order valence-corrected chi connectivity index (χ1v) is 5.20. The summed E-state index contributed by atoms with van der Waals surface area (Å²) < 4.78 is 1.28. The van der Waals surface area contributed by atoms with Crippen LogP contribution >= 0.6 is 15.9 Å². The van der Waals surface area contributed by atoms with Crippen LogP contribution in [0.25, 0.3) is 0 Å². The van der Waals surface area contributed by atoms with Gasteiger partial charge in [-0.1, -0.05) is 28.1 Å². The van der Waals surface area contributed by atoms with Crippen molar-refractivity contribution in [1.82, 2.24) is 5.32 Å². The molecule has 2 heteroatoms. The van der Waals surface area contributed by atoms with E-state index in [1.165, 1.54) is 28.4 Å². The molecule has 2 aliphatic heterocycles. The van der Waals surface area contributed by atoms with Gasteiger partial charge in [0.05, 0.1) is 0 Å². The molecule has 2 bridgehead atoms. The quantitative estimate of drug-likeness (QED) is 0.714. The van der Waals surface area contributed by atoms with Gasteiger partial charge in [0.25, 0.3) is 0 Å². The van der Waals surface area contributed by atoms with Gasteiger partial charge in [-0.3, -0.25) is 0 Å². The molecule has 12 heavy (non-hydrogen) atoms. The van der Waals surface area contributed by atoms with Crippen LogP contribution in [0.2, 0.25) is 0 Å². The molecule has 1 N–H and O–H groups in total. The summed E-state index contributed by atoms with van der Waals surface area (Å²) in [7, 11) is 0. The fourth-order valence-corrected chi connectivity index (χ4v) is 3.10. The summed E-state index contributed by atoms with van der Waals surface area (Å²) in [6.07, 6.45) is 2.62. The maximum absolute atomic E-state index is 3.61. The van der Waals surface area contributed by atoms with E-state index in [0.29, 0.717) is 12.1 Å². The van der Waals surface area contributed by atoms with Crippen molar-refractivity contribution in [2.75, 3.05) is 0 Å². The van der Waals surface area contributed by atoms with Crippen molar-refractivity contribution < 1.29 is 0 Å². The Morgan fingerprint density at radius 1 is 1.25 bits per heavy atom. The Hall–Kier alpha value is -0.340. The van der Waals surface area contributed by atoms with Crippen molar-refractivity contribution >= 4 is 15.9 Å². The van der Waals surface area contributed by atoms with E-state index in [1.807, 2.05) is 0 Å². The maximum Gasteiger partial charge on any atom is 0.0341 e. The first-order valence-electron chi connectivity index (χ1n) is 4.40. The molecule has 0 spiro atoms. The largest absolute Gasteiger partial charge is 0.303 e. The van der Waals surface area contributed by atoms with Gasteiger partial charge in [0.2, 0.25) is 0 Å². The maximum atomic E-state index is 3.61. The number of halogens is 1. The van der Waals surface area contributed by atoms with E-state index < -0.39 is 0 Å². The zero-order valence-corrected chi connectivity index (χ0v) is 8.26. The fraction of sp³-hybridized carbons (Fsp3) is 0.400. The number of rotatable bonds is 0. The van der Waals surface area contributed by atoms with Crippen LogP contribution in [0.4, 0.5) is 0 Å². The summed E-state index contributed by atoms with van der Waals surface area (Å²) in [5, 5.41) is 3.60. The number of fused-ring (bicyclic) bond motifs is 5. The molecule has 1 aromatic carbocycles. The highest BCUT2D eigenvalue weighted by Crippen LogP contribution is 2.47. The van der Waals surface area contributed by atoms with E-state index in [2.05, 4.69) is 39.4 Å². The molecule has 0 saturated carbocycles. The van der Waals surface area contributed by atoms with Gasteiger partial charge in [-0.05, 0) is 30.0 Å². The molecule has 3 rings (SSSR count). The molecule has 1 fully saturated rings. The second-order valence-corrected chi connectivity index (χ2v) is 4.45. The molecule has 0 amide bonds. The third-order valence-electron chi connectivity index (χ3n) is 2.96. The molecule has 2 atom stereocenters. The Kier molecular flexibility index (Phi) is 1.38. The number of nitrogens with one attached hydrogen (secondary N) is 1. The van der Waals surface area contributed by atoms with Gasteiger partial charge < -0.3 is 5.32 Å². The summed E-state index contributed by atoms with van der Waals surface area (Å²) in [6, 6.07) is 7.78. The molecule has 2 heterocycles. The van der Waals surface area contributed by atoms with Crippen LogP contribution in [-0.4, -0.2) is 0 Å². The third kappa shape index (κ3) is 0.771. The fourth-order valence-electron chi connectivity index (χ4n) is 2.44. The average molecular weight is 224 g/mol. The molecule has 0 radical (unpaired) electrons. The van der Waals surface area contributed by atoms with Crippen molar-refractivity contribution in [2.45, 2.75) is 24.9 Å². The predicted molar refractivity (Wildman–Crippen MR) is 52.0 cm³/mol. The lowest BCUT2D eigenvalue weighted by Gasteiger charge is -2.13. The van der Waals surface area contributed by atoms with Crippen molar-refractivity contribution in [3.05, 3.63) is 33.8 Å². The smallest absolute Gasteiger partial charge is 0.0341 e. The van der Waals surface area contributed by atoms with Crippen LogP contribution in [0.3, 0.4) is 0 Å². The Morgan fingerprint density at radius 2 is 2.08 bits per heavy atom. The molecule has 2 unspecified atom stereocenters. The lowest BCUT2D eigenvalue weighted by Crippen LogP contribution is -2.06. The summed E-state index contributed by atoms with van der Waals surface area (Å²) in [5.74, 6) is 0. The van der Waals surface area contributed by atoms with Gasteiger partial charge >= 0.3 is 0 Å². The highest BCUT2D eigenvalue weighted by molar-refractivity contribution is 9.10. The van der Waals surface area contributed by atoms with Crippen molar-refractivity contribution in [1.29, 1.82) is 0 Å². The third-order valence-corrected chi connectivity index (χ3v) is 3.65. The van der Waals surface area contributed by atoms with E-state index in [9.17, 15) is 0 Å². The average Bonchev–Trinajstić information content (AvgIpc) is 2.64. The summed E-state index contributed by atoms with van der Waals surface area (Å²) in [6.45, 7) is 0. The molecule has 1 aromatic rings. The standard InChI is InChI=1S/C10H10BrN/c11-7-3-1-2-6-8-4-5-9(12-8)10(6)7/h1-3,8-9,12H,4-5H2. The molecule has 62 valence electrons. The highest BCUT2D eigenvalue weighted by atomic mass is 79.9. The summed E-state index contributed by atoms with van der Waals surface area (Å²) >= 11 is 3.61. The normalized spacial score (nSPS) is 30.8. The zero-order chi connectivity index (χ0) is 8.13. The summed E-state index contributed by atoms with van der Waals surface area (Å²) in [4.78, 5) is 0. The molecule has 1 nitrogen and oxygen atoms in total. The van der Waals surface area contributed by atoms with E-state index in [4.69, 9.17) is 0 Å². The summed E-state index contributed by atoms with van der Waals surface area (Å²) in [5.41, 5.74) is 3.02. The minimum absolute atomic E-state index is 0.626. The van der Waals surface area contributed by atoms with Crippen LogP contribution in [0, 0.1) is 0 Å². The molecule has 2 aliphatic rings. The van der Waals surface area contributed by atoms with Gasteiger partial charge in [0, 0.05) is 16.6 Å². The first-order chi connectivity index (χ1) is 5.86. The van der Waals surface area contributed by atoms with Gasteiger partial charge in [-0.25, -0.2) is 0 Å². The van der Waals surface area contributed by atoms with E-state index in [1.54, 1.807) is 0 Å². The van der Waals surface area contributed by atoms with Crippen LogP contribution in [-0.2, 0) is 0 Å². The topological polar surface area (TPSA) is 12.0 Å².